The average Bonchev–Trinajstić information content (AvgIpc) is 2.89. The van der Waals surface area contributed by atoms with Crippen molar-refractivity contribution in [3.8, 4) is 11.5 Å². The summed E-state index contributed by atoms with van der Waals surface area (Å²) in [7, 11) is 1.64. The lowest BCUT2D eigenvalue weighted by atomic mass is 9.72. The summed E-state index contributed by atoms with van der Waals surface area (Å²) in [5.74, 6) is 1.11. The molecule has 5 nitrogen and oxygen atoms in total. The third-order valence-electron chi connectivity index (χ3n) is 6.44. The summed E-state index contributed by atoms with van der Waals surface area (Å²) in [6.07, 6.45) is 0. The fourth-order valence-electron chi connectivity index (χ4n) is 4.69. The number of rotatable bonds is 9. The topological polar surface area (TPSA) is 51.2 Å². The van der Waals surface area contributed by atoms with Gasteiger partial charge < -0.3 is 19.3 Å². The van der Waals surface area contributed by atoms with Crippen LogP contribution in [-0.4, -0.2) is 56.6 Å². The zero-order valence-electron chi connectivity index (χ0n) is 19.7. The van der Waals surface area contributed by atoms with Gasteiger partial charge in [0.25, 0.3) is 0 Å². The second-order valence-electron chi connectivity index (χ2n) is 8.44. The van der Waals surface area contributed by atoms with Gasteiger partial charge in [0.05, 0.1) is 26.9 Å². The molecular weight excluding hydrogens is 450 g/mol. The molecule has 180 valence electrons. The highest BCUT2D eigenvalue weighted by atomic mass is 35.5. The molecule has 0 amide bonds. The normalized spacial score (nSPS) is 17.1. The van der Waals surface area contributed by atoms with Crippen molar-refractivity contribution in [2.24, 2.45) is 0 Å². The summed E-state index contributed by atoms with van der Waals surface area (Å²) in [5.41, 5.74) is 1.12. The van der Waals surface area contributed by atoms with Gasteiger partial charge >= 0.3 is 0 Å². The maximum absolute atomic E-state index is 12.8. The number of hydrogen-bond donors (Lipinski definition) is 1. The second kappa shape index (κ2) is 11.2. The van der Waals surface area contributed by atoms with Gasteiger partial charge in [-0.15, -0.1) is 0 Å². The average molecular weight is 482 g/mol. The number of hydrogen-bond acceptors (Lipinski definition) is 5. The van der Waals surface area contributed by atoms with Gasteiger partial charge in [0.2, 0.25) is 0 Å². The van der Waals surface area contributed by atoms with Crippen LogP contribution >= 0.6 is 11.6 Å². The molecule has 1 N–H and O–H groups in total. The molecule has 0 saturated carbocycles. The van der Waals surface area contributed by atoms with Crippen molar-refractivity contribution in [3.05, 3.63) is 94.5 Å². The van der Waals surface area contributed by atoms with Crippen LogP contribution < -0.4 is 9.47 Å². The first-order chi connectivity index (χ1) is 16.6. The summed E-state index contributed by atoms with van der Waals surface area (Å²) in [5, 5.41) is 13.5. The Bertz CT molecular complexity index is 1050. The molecule has 0 radical (unpaired) electrons. The van der Waals surface area contributed by atoms with E-state index in [1.54, 1.807) is 7.11 Å². The summed E-state index contributed by atoms with van der Waals surface area (Å²) in [6.45, 7) is 6.18. The number of benzene rings is 3. The predicted molar refractivity (Wildman–Crippen MR) is 135 cm³/mol. The zero-order chi connectivity index (χ0) is 24.0. The van der Waals surface area contributed by atoms with E-state index in [9.17, 15) is 5.11 Å². The lowest BCUT2D eigenvalue weighted by Gasteiger charge is -2.41. The quantitative estimate of drug-likeness (QED) is 0.461. The van der Waals surface area contributed by atoms with Gasteiger partial charge in [-0.3, -0.25) is 4.90 Å². The van der Waals surface area contributed by atoms with Crippen molar-refractivity contribution in [1.82, 2.24) is 4.90 Å². The number of nitrogens with zero attached hydrogens (tertiary/aromatic N) is 1. The molecule has 1 aliphatic heterocycles. The molecule has 1 heterocycles. The van der Waals surface area contributed by atoms with Crippen molar-refractivity contribution in [1.29, 1.82) is 0 Å². The van der Waals surface area contributed by atoms with Gasteiger partial charge in [0.1, 0.15) is 17.1 Å². The minimum Gasteiger partial charge on any atom is -0.496 e. The van der Waals surface area contributed by atoms with Crippen molar-refractivity contribution in [2.45, 2.75) is 18.4 Å². The van der Waals surface area contributed by atoms with E-state index in [1.807, 2.05) is 79.7 Å². The molecule has 4 rings (SSSR count). The van der Waals surface area contributed by atoms with Crippen LogP contribution in [0, 0.1) is 0 Å². The molecule has 1 saturated heterocycles. The maximum atomic E-state index is 12.8. The Morgan fingerprint density at radius 3 is 2.32 bits per heavy atom. The summed E-state index contributed by atoms with van der Waals surface area (Å²) >= 11 is 6.23. The predicted octanol–water partition coefficient (Wildman–Crippen LogP) is 5.10. The Morgan fingerprint density at radius 2 is 1.68 bits per heavy atom. The molecule has 0 bridgehead atoms. The standard InChI is InChI=1S/C28H32ClNO4/c1-3-34-24-14-10-22(11-15-24)28(31,25-6-4-5-7-27(25)32-2)26(20-30-16-18-33-19-17-30)21-8-12-23(29)13-9-21/h4-15,26,31H,3,16-20H2,1-2H3/t26-,28+/m0/s1. The van der Waals surface area contributed by atoms with Crippen LogP contribution in [0.1, 0.15) is 29.5 Å². The van der Waals surface area contributed by atoms with Crippen molar-refractivity contribution in [3.63, 3.8) is 0 Å². The van der Waals surface area contributed by atoms with Gasteiger partial charge in [0, 0.05) is 36.1 Å². The van der Waals surface area contributed by atoms with Crippen LogP contribution in [0.2, 0.25) is 5.02 Å². The lowest BCUT2D eigenvalue weighted by Crippen LogP contribution is -2.45. The van der Waals surface area contributed by atoms with Crippen molar-refractivity contribution in [2.75, 3.05) is 46.6 Å². The fourth-order valence-corrected chi connectivity index (χ4v) is 4.82. The van der Waals surface area contributed by atoms with Gasteiger partial charge in [-0.05, 0) is 48.4 Å². The molecule has 0 aromatic heterocycles. The summed E-state index contributed by atoms with van der Waals surface area (Å²) in [4.78, 5) is 2.34. The van der Waals surface area contributed by atoms with Crippen LogP contribution in [0.3, 0.4) is 0 Å². The minimum absolute atomic E-state index is 0.294. The fraction of sp³-hybridized carbons (Fsp3) is 0.357. The van der Waals surface area contributed by atoms with Gasteiger partial charge in [-0.2, -0.15) is 0 Å². The van der Waals surface area contributed by atoms with E-state index in [0.717, 1.165) is 35.5 Å². The SMILES string of the molecule is CCOc1ccc([C@@](O)(c2ccccc2OC)[C@@H](CN2CCOCC2)c2ccc(Cl)cc2)cc1. The van der Waals surface area contributed by atoms with Crippen LogP contribution in [0.4, 0.5) is 0 Å². The zero-order valence-corrected chi connectivity index (χ0v) is 20.5. The first-order valence-electron chi connectivity index (χ1n) is 11.7. The van der Waals surface area contributed by atoms with Crippen LogP contribution in [0.25, 0.3) is 0 Å². The molecule has 1 fully saturated rings. The van der Waals surface area contributed by atoms with Crippen molar-refractivity contribution >= 4 is 11.6 Å². The third-order valence-corrected chi connectivity index (χ3v) is 6.70. The van der Waals surface area contributed by atoms with Gasteiger partial charge in [-0.25, -0.2) is 0 Å². The molecule has 34 heavy (non-hydrogen) atoms. The molecule has 1 aliphatic rings. The lowest BCUT2D eigenvalue weighted by molar-refractivity contribution is -0.000152. The van der Waals surface area contributed by atoms with Crippen LogP contribution in [0.5, 0.6) is 11.5 Å². The highest BCUT2D eigenvalue weighted by Crippen LogP contribution is 2.46. The Balaban J connectivity index is 1.88. The number of aliphatic hydroxyl groups is 1. The molecule has 3 aromatic rings. The third kappa shape index (κ3) is 5.23. The molecule has 6 heteroatoms. The number of methoxy groups -OCH3 is 1. The largest absolute Gasteiger partial charge is 0.496 e. The highest BCUT2D eigenvalue weighted by molar-refractivity contribution is 6.30. The van der Waals surface area contributed by atoms with E-state index < -0.39 is 5.60 Å². The van der Waals surface area contributed by atoms with E-state index in [-0.39, 0.29) is 5.92 Å². The van der Waals surface area contributed by atoms with E-state index in [0.29, 0.717) is 37.1 Å². The number of ether oxygens (including phenoxy) is 3. The Labute approximate surface area is 206 Å². The maximum Gasteiger partial charge on any atom is 0.126 e. The summed E-state index contributed by atoms with van der Waals surface area (Å²) in [6, 6.07) is 23.2. The molecular formula is C28H32ClNO4. The Kier molecular flexibility index (Phi) is 8.11. The van der Waals surface area contributed by atoms with Crippen LogP contribution in [0.15, 0.2) is 72.8 Å². The number of halogens is 1. The monoisotopic (exact) mass is 481 g/mol. The van der Waals surface area contributed by atoms with E-state index in [4.69, 9.17) is 25.8 Å². The van der Waals surface area contributed by atoms with Gasteiger partial charge in [-0.1, -0.05) is 54.1 Å². The highest BCUT2D eigenvalue weighted by Gasteiger charge is 2.44. The van der Waals surface area contributed by atoms with Gasteiger partial charge in [0.15, 0.2) is 0 Å². The molecule has 0 unspecified atom stereocenters. The second-order valence-corrected chi connectivity index (χ2v) is 8.88. The minimum atomic E-state index is -1.37. The number of morpholine rings is 1. The first kappa shape index (κ1) is 24.6. The number of para-hydroxylation sites is 1. The molecule has 3 aromatic carbocycles. The molecule has 2 atom stereocenters. The van der Waals surface area contributed by atoms with Crippen LogP contribution in [-0.2, 0) is 10.3 Å². The van der Waals surface area contributed by atoms with E-state index in [1.165, 1.54) is 0 Å². The van der Waals surface area contributed by atoms with Crippen molar-refractivity contribution < 1.29 is 19.3 Å². The summed E-state index contributed by atoms with van der Waals surface area (Å²) < 4.78 is 17.0. The Hall–Kier alpha value is -2.57. The Morgan fingerprint density at radius 1 is 1.00 bits per heavy atom. The molecule has 0 spiro atoms. The van der Waals surface area contributed by atoms with E-state index >= 15 is 0 Å². The smallest absolute Gasteiger partial charge is 0.126 e. The first-order valence-corrected chi connectivity index (χ1v) is 12.1. The molecule has 0 aliphatic carbocycles. The van der Waals surface area contributed by atoms with E-state index in [2.05, 4.69) is 4.90 Å².